The van der Waals surface area contributed by atoms with Gasteiger partial charge >= 0.3 is 0 Å². The molecule has 1 heterocycles. The third kappa shape index (κ3) is 10.6. The quantitative estimate of drug-likeness (QED) is 0.120. The SMILES string of the molecule is CCCCCCn1c(O)c(C#N)c(C)c(N=Nc2ccc(C(=O)N(CC(CC)CCCC)CC(CC)CCCC)cc2)c1=O. The highest BCUT2D eigenvalue weighted by atomic mass is 16.3. The first-order valence-corrected chi connectivity index (χ1v) is 16.9. The fourth-order valence-electron chi connectivity index (χ4n) is 5.62. The van der Waals surface area contributed by atoms with E-state index in [4.69, 9.17) is 0 Å². The number of nitrogens with zero attached hydrogens (tertiary/aromatic N) is 5. The third-order valence-corrected chi connectivity index (χ3v) is 8.71. The minimum atomic E-state index is -0.469. The minimum absolute atomic E-state index is 0.0312. The number of carbonyl (C=O) groups excluding carboxylic acids is 1. The van der Waals surface area contributed by atoms with E-state index < -0.39 is 5.56 Å². The predicted octanol–water partition coefficient (Wildman–Crippen LogP) is 9.60. The summed E-state index contributed by atoms with van der Waals surface area (Å²) in [5.41, 5.74) is 1.01. The molecule has 1 aromatic heterocycles. The van der Waals surface area contributed by atoms with Gasteiger partial charge in [-0.1, -0.05) is 92.4 Å². The summed E-state index contributed by atoms with van der Waals surface area (Å²) < 4.78 is 1.22. The smallest absolute Gasteiger partial charge is 0.281 e. The van der Waals surface area contributed by atoms with Crippen LogP contribution in [0, 0.1) is 30.1 Å². The van der Waals surface area contributed by atoms with Crippen LogP contribution in [-0.2, 0) is 6.54 Å². The van der Waals surface area contributed by atoms with Crippen molar-refractivity contribution in [3.05, 3.63) is 51.3 Å². The number of benzene rings is 1. The lowest BCUT2D eigenvalue weighted by molar-refractivity contribution is 0.0685. The molecular weight excluding hydrogens is 550 g/mol. The van der Waals surface area contributed by atoms with Crippen molar-refractivity contribution in [2.75, 3.05) is 13.1 Å². The van der Waals surface area contributed by atoms with E-state index in [1.165, 1.54) is 17.4 Å². The lowest BCUT2D eigenvalue weighted by atomic mass is 9.95. The second-order valence-electron chi connectivity index (χ2n) is 12.1. The average molecular weight is 606 g/mol. The van der Waals surface area contributed by atoms with Gasteiger partial charge in [0, 0.05) is 30.8 Å². The largest absolute Gasteiger partial charge is 0.493 e. The molecule has 0 aliphatic rings. The van der Waals surface area contributed by atoms with Crippen LogP contribution in [0.25, 0.3) is 0 Å². The van der Waals surface area contributed by atoms with E-state index in [0.717, 1.165) is 70.9 Å². The molecule has 0 bridgehead atoms. The number of nitriles is 1. The number of aromatic nitrogens is 1. The van der Waals surface area contributed by atoms with Crippen LogP contribution in [0.2, 0.25) is 0 Å². The molecule has 0 spiro atoms. The molecule has 1 N–H and O–H groups in total. The van der Waals surface area contributed by atoms with E-state index in [1.54, 1.807) is 31.2 Å². The number of hydrogen-bond acceptors (Lipinski definition) is 6. The molecule has 2 atom stereocenters. The number of carbonyl (C=O) groups is 1. The Morgan fingerprint density at radius 2 is 1.45 bits per heavy atom. The van der Waals surface area contributed by atoms with Crippen LogP contribution in [0.4, 0.5) is 11.4 Å². The number of azo groups is 1. The molecule has 0 aliphatic carbocycles. The first-order chi connectivity index (χ1) is 21.3. The number of pyridine rings is 1. The molecule has 2 aromatic rings. The van der Waals surface area contributed by atoms with E-state index in [-0.39, 0.29) is 23.0 Å². The van der Waals surface area contributed by atoms with Crippen LogP contribution in [0.1, 0.15) is 133 Å². The molecule has 1 amide bonds. The van der Waals surface area contributed by atoms with Crippen molar-refractivity contribution < 1.29 is 9.90 Å². The third-order valence-electron chi connectivity index (χ3n) is 8.71. The Hall–Kier alpha value is -3.47. The molecule has 0 fully saturated rings. The maximum absolute atomic E-state index is 13.8. The van der Waals surface area contributed by atoms with Crippen molar-refractivity contribution in [3.63, 3.8) is 0 Å². The van der Waals surface area contributed by atoms with Crippen molar-refractivity contribution in [2.45, 2.75) is 125 Å². The molecule has 0 saturated heterocycles. The van der Waals surface area contributed by atoms with Crippen molar-refractivity contribution in [1.29, 1.82) is 5.26 Å². The second-order valence-corrected chi connectivity index (χ2v) is 12.1. The monoisotopic (exact) mass is 605 g/mol. The fraction of sp³-hybridized carbons (Fsp3) is 0.639. The van der Waals surface area contributed by atoms with Crippen LogP contribution in [-0.4, -0.2) is 33.6 Å². The van der Waals surface area contributed by atoms with Crippen LogP contribution in [0.3, 0.4) is 0 Å². The van der Waals surface area contributed by atoms with Crippen LogP contribution < -0.4 is 5.56 Å². The van der Waals surface area contributed by atoms with Gasteiger partial charge in [-0.3, -0.25) is 14.2 Å². The van der Waals surface area contributed by atoms with Gasteiger partial charge in [0.1, 0.15) is 11.6 Å². The van der Waals surface area contributed by atoms with Crippen molar-refractivity contribution in [2.24, 2.45) is 22.1 Å². The van der Waals surface area contributed by atoms with Gasteiger partial charge in [-0.2, -0.15) is 10.4 Å². The molecule has 2 unspecified atom stereocenters. The summed E-state index contributed by atoms with van der Waals surface area (Å²) in [5, 5.41) is 28.8. The number of hydrogen-bond donors (Lipinski definition) is 1. The Morgan fingerprint density at radius 1 is 0.886 bits per heavy atom. The summed E-state index contributed by atoms with van der Waals surface area (Å²) in [7, 11) is 0. The minimum Gasteiger partial charge on any atom is -0.493 e. The van der Waals surface area contributed by atoms with Crippen LogP contribution >= 0.6 is 0 Å². The fourth-order valence-corrected chi connectivity index (χ4v) is 5.62. The zero-order chi connectivity index (χ0) is 32.5. The normalized spacial score (nSPS) is 12.8. The average Bonchev–Trinajstić information content (AvgIpc) is 3.03. The highest BCUT2D eigenvalue weighted by Gasteiger charge is 2.23. The van der Waals surface area contributed by atoms with E-state index >= 15 is 0 Å². The maximum atomic E-state index is 13.8. The van der Waals surface area contributed by atoms with E-state index in [2.05, 4.69) is 49.7 Å². The summed E-state index contributed by atoms with van der Waals surface area (Å²) in [6.07, 6.45) is 12.8. The van der Waals surface area contributed by atoms with Gasteiger partial charge in [0.15, 0.2) is 5.69 Å². The van der Waals surface area contributed by atoms with Crippen LogP contribution in [0.15, 0.2) is 39.3 Å². The molecular formula is C36H55N5O3. The summed E-state index contributed by atoms with van der Waals surface area (Å²) in [5.74, 6) is 0.687. The van der Waals surface area contributed by atoms with Crippen molar-refractivity contribution in [3.8, 4) is 11.9 Å². The summed E-state index contributed by atoms with van der Waals surface area (Å²) in [6, 6.07) is 9.04. The van der Waals surface area contributed by atoms with Gasteiger partial charge in [0.05, 0.1) is 5.69 Å². The molecule has 242 valence electrons. The molecule has 0 radical (unpaired) electrons. The number of amides is 1. The summed E-state index contributed by atoms with van der Waals surface area (Å²) in [4.78, 5) is 29.1. The molecule has 2 rings (SSSR count). The highest BCUT2D eigenvalue weighted by molar-refractivity contribution is 5.94. The highest BCUT2D eigenvalue weighted by Crippen LogP contribution is 2.28. The predicted molar refractivity (Wildman–Crippen MR) is 179 cm³/mol. The Bertz CT molecular complexity index is 1270. The second kappa shape index (κ2) is 19.7. The first kappa shape index (κ1) is 36.7. The molecule has 44 heavy (non-hydrogen) atoms. The van der Waals surface area contributed by atoms with Gasteiger partial charge in [0.25, 0.3) is 11.5 Å². The zero-order valence-corrected chi connectivity index (χ0v) is 28.1. The number of rotatable bonds is 20. The van der Waals surface area contributed by atoms with Crippen molar-refractivity contribution >= 4 is 17.3 Å². The standard InChI is InChI=1S/C36H55N5O3/c1-7-12-15-16-23-41-35(43)32(24-37)27(6)33(36(41)44)39-38-31-21-19-30(20-22-31)34(42)40(25-28(10-4)17-13-8-2)26-29(11-5)18-14-9-3/h19-22,28-29,43H,7-18,23,25-26H2,1-6H3. The molecule has 0 aliphatic heterocycles. The molecule has 1 aromatic carbocycles. The summed E-state index contributed by atoms with van der Waals surface area (Å²) in [6.45, 7) is 14.4. The lowest BCUT2D eigenvalue weighted by Crippen LogP contribution is -2.39. The topological polar surface area (TPSA) is 111 Å². The van der Waals surface area contributed by atoms with Crippen molar-refractivity contribution in [1.82, 2.24) is 9.47 Å². The van der Waals surface area contributed by atoms with Gasteiger partial charge in [-0.25, -0.2) is 0 Å². The first-order valence-electron chi connectivity index (χ1n) is 16.9. The van der Waals surface area contributed by atoms with E-state index in [0.29, 0.717) is 41.6 Å². The van der Waals surface area contributed by atoms with Gasteiger partial charge in [-0.15, -0.1) is 5.11 Å². The number of unbranched alkanes of at least 4 members (excludes halogenated alkanes) is 5. The van der Waals surface area contributed by atoms with E-state index in [1.807, 2.05) is 6.07 Å². The molecule has 0 saturated carbocycles. The number of aromatic hydroxyl groups is 1. The van der Waals surface area contributed by atoms with Gasteiger partial charge < -0.3 is 10.0 Å². The van der Waals surface area contributed by atoms with Crippen LogP contribution in [0.5, 0.6) is 5.88 Å². The van der Waals surface area contributed by atoms with E-state index in [9.17, 15) is 20.0 Å². The maximum Gasteiger partial charge on any atom is 0.281 e. The van der Waals surface area contributed by atoms with Gasteiger partial charge in [0.2, 0.25) is 5.88 Å². The van der Waals surface area contributed by atoms with Gasteiger partial charge in [-0.05, 0) is 62.3 Å². The Kier molecular flexibility index (Phi) is 16.5. The summed E-state index contributed by atoms with van der Waals surface area (Å²) >= 11 is 0. The molecule has 8 nitrogen and oxygen atoms in total. The lowest BCUT2D eigenvalue weighted by Gasteiger charge is -2.31. The molecule has 8 heteroatoms. The Balaban J connectivity index is 2.32. The Labute approximate surface area is 265 Å². The zero-order valence-electron chi connectivity index (χ0n) is 28.1. The Morgan fingerprint density at radius 3 is 1.95 bits per heavy atom.